The molecule has 0 saturated heterocycles. The minimum atomic E-state index is 0.673. The van der Waals surface area contributed by atoms with Crippen molar-refractivity contribution in [2.45, 2.75) is 27.2 Å². The zero-order valence-electron chi connectivity index (χ0n) is 13.3. The average molecular weight is 321 g/mol. The van der Waals surface area contributed by atoms with Crippen LogP contribution in [0.5, 0.6) is 5.75 Å². The summed E-state index contributed by atoms with van der Waals surface area (Å²) in [7, 11) is 1.62. The lowest BCUT2D eigenvalue weighted by atomic mass is 10.2. The highest BCUT2D eigenvalue weighted by molar-refractivity contribution is 6.31. The number of rotatable bonds is 6. The first kappa shape index (κ1) is 16.4. The third-order valence-corrected chi connectivity index (χ3v) is 3.54. The lowest BCUT2D eigenvalue weighted by Gasteiger charge is -2.14. The number of aryl methyl sites for hydroxylation is 2. The van der Waals surface area contributed by atoms with Gasteiger partial charge in [0, 0.05) is 23.7 Å². The van der Waals surface area contributed by atoms with E-state index >= 15 is 0 Å². The Balaban J connectivity index is 2.30. The SMILES string of the molecule is CCCNc1cc(Nc2cc(C)c(Cl)cc2OC)nc(C)n1. The highest BCUT2D eigenvalue weighted by Crippen LogP contribution is 2.32. The van der Waals surface area contributed by atoms with Gasteiger partial charge in [0.1, 0.15) is 23.2 Å². The maximum Gasteiger partial charge on any atom is 0.143 e. The Morgan fingerprint density at radius 1 is 1.14 bits per heavy atom. The third kappa shape index (κ3) is 4.01. The molecule has 0 bridgehead atoms. The summed E-state index contributed by atoms with van der Waals surface area (Å²) in [5.41, 5.74) is 1.80. The van der Waals surface area contributed by atoms with Crippen LogP contribution >= 0.6 is 11.6 Å². The van der Waals surface area contributed by atoms with E-state index in [0.717, 1.165) is 30.0 Å². The van der Waals surface area contributed by atoms with Gasteiger partial charge in [0.05, 0.1) is 12.8 Å². The van der Waals surface area contributed by atoms with Gasteiger partial charge < -0.3 is 15.4 Å². The summed E-state index contributed by atoms with van der Waals surface area (Å²) in [4.78, 5) is 8.79. The number of anilines is 3. The summed E-state index contributed by atoms with van der Waals surface area (Å²) >= 11 is 6.13. The van der Waals surface area contributed by atoms with Crippen LogP contribution in [0.3, 0.4) is 0 Å². The number of aromatic nitrogens is 2. The van der Waals surface area contributed by atoms with Gasteiger partial charge in [-0.15, -0.1) is 0 Å². The summed E-state index contributed by atoms with van der Waals surface area (Å²) in [6, 6.07) is 5.62. The number of ether oxygens (including phenoxy) is 1. The van der Waals surface area contributed by atoms with Gasteiger partial charge in [-0.1, -0.05) is 18.5 Å². The molecular formula is C16H21ClN4O. The van der Waals surface area contributed by atoms with E-state index in [9.17, 15) is 0 Å². The topological polar surface area (TPSA) is 59.1 Å². The fourth-order valence-electron chi connectivity index (χ4n) is 2.04. The lowest BCUT2D eigenvalue weighted by molar-refractivity contribution is 0.416. The molecule has 6 heteroatoms. The Morgan fingerprint density at radius 3 is 2.55 bits per heavy atom. The molecular weight excluding hydrogens is 300 g/mol. The van der Waals surface area contributed by atoms with Crippen LogP contribution in [-0.2, 0) is 0 Å². The first-order valence-corrected chi connectivity index (χ1v) is 7.62. The predicted molar refractivity (Wildman–Crippen MR) is 91.6 cm³/mol. The molecule has 118 valence electrons. The fourth-order valence-corrected chi connectivity index (χ4v) is 2.20. The maximum absolute atomic E-state index is 6.13. The summed E-state index contributed by atoms with van der Waals surface area (Å²) in [5.74, 6) is 2.90. The van der Waals surface area contributed by atoms with Crippen molar-refractivity contribution in [1.29, 1.82) is 0 Å². The minimum absolute atomic E-state index is 0.673. The second kappa shape index (κ2) is 7.31. The van der Waals surface area contributed by atoms with Gasteiger partial charge in [0.2, 0.25) is 0 Å². The number of benzene rings is 1. The monoisotopic (exact) mass is 320 g/mol. The van der Waals surface area contributed by atoms with E-state index in [4.69, 9.17) is 16.3 Å². The molecule has 0 aliphatic carbocycles. The van der Waals surface area contributed by atoms with Gasteiger partial charge in [-0.05, 0) is 31.9 Å². The Labute approximate surface area is 136 Å². The van der Waals surface area contributed by atoms with Crippen LogP contribution in [0.4, 0.5) is 17.3 Å². The zero-order valence-corrected chi connectivity index (χ0v) is 14.1. The first-order chi connectivity index (χ1) is 10.5. The Hall–Kier alpha value is -2.01. The minimum Gasteiger partial charge on any atom is -0.495 e. The molecule has 0 atom stereocenters. The Bertz CT molecular complexity index is 661. The smallest absolute Gasteiger partial charge is 0.143 e. The molecule has 1 heterocycles. The molecule has 2 aromatic rings. The van der Waals surface area contributed by atoms with Gasteiger partial charge in [0.25, 0.3) is 0 Å². The van der Waals surface area contributed by atoms with Crippen molar-refractivity contribution in [2.75, 3.05) is 24.3 Å². The van der Waals surface area contributed by atoms with E-state index in [0.29, 0.717) is 22.4 Å². The highest BCUT2D eigenvalue weighted by atomic mass is 35.5. The van der Waals surface area contributed by atoms with Crippen molar-refractivity contribution in [1.82, 2.24) is 9.97 Å². The van der Waals surface area contributed by atoms with Crippen LogP contribution in [0.1, 0.15) is 24.7 Å². The number of hydrogen-bond donors (Lipinski definition) is 2. The maximum atomic E-state index is 6.13. The van der Waals surface area contributed by atoms with Crippen LogP contribution in [-0.4, -0.2) is 23.6 Å². The van der Waals surface area contributed by atoms with Crippen LogP contribution in [0.25, 0.3) is 0 Å². The summed E-state index contributed by atoms with van der Waals surface area (Å²) in [6.07, 6.45) is 1.04. The number of methoxy groups -OCH3 is 1. The number of nitrogens with one attached hydrogen (secondary N) is 2. The molecule has 0 saturated carbocycles. The molecule has 22 heavy (non-hydrogen) atoms. The molecule has 0 radical (unpaired) electrons. The first-order valence-electron chi connectivity index (χ1n) is 7.24. The standard InChI is InChI=1S/C16H21ClN4O/c1-5-6-18-15-9-16(20-11(3)19-15)21-13-7-10(2)12(17)8-14(13)22-4/h7-9H,5-6H2,1-4H3,(H2,18,19,20,21). The van der Waals surface area contributed by atoms with Gasteiger partial charge in [-0.25, -0.2) is 9.97 Å². The van der Waals surface area contributed by atoms with Crippen molar-refractivity contribution in [3.63, 3.8) is 0 Å². The quantitative estimate of drug-likeness (QED) is 0.830. The van der Waals surface area contributed by atoms with Crippen LogP contribution in [0, 0.1) is 13.8 Å². The molecule has 2 rings (SSSR count). The predicted octanol–water partition coefficient (Wildman–Crippen LogP) is 4.32. The van der Waals surface area contributed by atoms with Gasteiger partial charge in [-0.2, -0.15) is 0 Å². The van der Waals surface area contributed by atoms with Crippen LogP contribution in [0.15, 0.2) is 18.2 Å². The Kier molecular flexibility index (Phi) is 5.44. The van der Waals surface area contributed by atoms with E-state index in [1.54, 1.807) is 13.2 Å². The molecule has 0 aliphatic heterocycles. The molecule has 0 amide bonds. The molecule has 5 nitrogen and oxygen atoms in total. The van der Waals surface area contributed by atoms with Gasteiger partial charge >= 0.3 is 0 Å². The van der Waals surface area contributed by atoms with Crippen molar-refractivity contribution in [3.05, 3.63) is 34.6 Å². The largest absolute Gasteiger partial charge is 0.495 e. The lowest BCUT2D eigenvalue weighted by Crippen LogP contribution is -2.06. The molecule has 1 aromatic carbocycles. The van der Waals surface area contributed by atoms with Crippen molar-refractivity contribution < 1.29 is 4.74 Å². The number of halogens is 1. The summed E-state index contributed by atoms with van der Waals surface area (Å²) < 4.78 is 5.37. The van der Waals surface area contributed by atoms with Crippen molar-refractivity contribution in [2.24, 2.45) is 0 Å². The van der Waals surface area contributed by atoms with E-state index in [1.165, 1.54) is 0 Å². The van der Waals surface area contributed by atoms with E-state index in [2.05, 4.69) is 27.5 Å². The van der Waals surface area contributed by atoms with Crippen molar-refractivity contribution >= 4 is 28.9 Å². The van der Waals surface area contributed by atoms with Gasteiger partial charge in [0.15, 0.2) is 0 Å². The van der Waals surface area contributed by atoms with E-state index in [-0.39, 0.29) is 0 Å². The highest BCUT2D eigenvalue weighted by Gasteiger charge is 2.09. The van der Waals surface area contributed by atoms with E-state index < -0.39 is 0 Å². The zero-order chi connectivity index (χ0) is 16.1. The number of hydrogen-bond acceptors (Lipinski definition) is 5. The third-order valence-electron chi connectivity index (χ3n) is 3.14. The summed E-state index contributed by atoms with van der Waals surface area (Å²) in [6.45, 7) is 6.81. The fraction of sp³-hybridized carbons (Fsp3) is 0.375. The van der Waals surface area contributed by atoms with E-state index in [1.807, 2.05) is 26.0 Å². The normalized spacial score (nSPS) is 10.4. The van der Waals surface area contributed by atoms with Crippen LogP contribution in [0.2, 0.25) is 5.02 Å². The van der Waals surface area contributed by atoms with Crippen molar-refractivity contribution in [3.8, 4) is 5.75 Å². The van der Waals surface area contributed by atoms with Crippen LogP contribution < -0.4 is 15.4 Å². The molecule has 0 spiro atoms. The molecule has 1 aromatic heterocycles. The average Bonchev–Trinajstić information content (AvgIpc) is 2.48. The molecule has 2 N–H and O–H groups in total. The number of nitrogens with zero attached hydrogens (tertiary/aromatic N) is 2. The van der Waals surface area contributed by atoms with Gasteiger partial charge in [-0.3, -0.25) is 0 Å². The molecule has 0 aliphatic rings. The summed E-state index contributed by atoms with van der Waals surface area (Å²) in [5, 5.41) is 7.21. The molecule has 0 fully saturated rings. The second-order valence-electron chi connectivity index (χ2n) is 5.04. The second-order valence-corrected chi connectivity index (χ2v) is 5.45. The Morgan fingerprint density at radius 2 is 1.86 bits per heavy atom. The molecule has 0 unspecified atom stereocenters.